The highest BCUT2D eigenvalue weighted by Crippen LogP contribution is 2.03. The number of carbonyl (C=O) groups excluding carboxylic acids is 1. The lowest BCUT2D eigenvalue weighted by Gasteiger charge is -2.12. The number of hydrogen-bond acceptors (Lipinski definition) is 4. The van der Waals surface area contributed by atoms with Crippen LogP contribution in [0.3, 0.4) is 0 Å². The second-order valence-electron chi connectivity index (χ2n) is 3.52. The van der Waals surface area contributed by atoms with Crippen LogP contribution in [0, 0.1) is 5.92 Å². The van der Waals surface area contributed by atoms with E-state index in [0.29, 0.717) is 13.0 Å². The van der Waals surface area contributed by atoms with E-state index < -0.39 is 5.92 Å². The molecule has 0 bridgehead atoms. The summed E-state index contributed by atoms with van der Waals surface area (Å²) in [6.07, 6.45) is 2.13. The van der Waals surface area contributed by atoms with Crippen LogP contribution >= 0.6 is 0 Å². The first-order valence-corrected chi connectivity index (χ1v) is 5.34. The number of aromatic nitrogens is 1. The Morgan fingerprint density at radius 2 is 2.41 bits per heavy atom. The number of carbonyl (C=O) groups is 1. The fourth-order valence-corrected chi connectivity index (χ4v) is 1.40. The molecule has 1 aromatic rings. The lowest BCUT2D eigenvalue weighted by Crippen LogP contribution is -2.38. The number of hydrogen-bond donors (Lipinski definition) is 3. The van der Waals surface area contributed by atoms with Crippen molar-refractivity contribution in [3.63, 3.8) is 0 Å². The Labute approximate surface area is 99.5 Å². The second kappa shape index (κ2) is 6.47. The van der Waals surface area contributed by atoms with E-state index >= 15 is 0 Å². The zero-order valence-electron chi connectivity index (χ0n) is 9.63. The van der Waals surface area contributed by atoms with E-state index in [0.717, 1.165) is 5.69 Å². The van der Waals surface area contributed by atoms with Crippen LogP contribution in [0.15, 0.2) is 29.6 Å². The fourth-order valence-electron chi connectivity index (χ4n) is 1.40. The molecule has 0 aliphatic rings. The van der Waals surface area contributed by atoms with Crippen molar-refractivity contribution in [1.82, 2.24) is 10.3 Å². The molecule has 17 heavy (non-hydrogen) atoms. The van der Waals surface area contributed by atoms with Crippen LogP contribution in [0.1, 0.15) is 19.0 Å². The number of amidine groups is 1. The minimum atomic E-state index is -0.608. The summed E-state index contributed by atoms with van der Waals surface area (Å²) in [5, 5.41) is 14.1. The molecule has 4 N–H and O–H groups in total. The molecule has 1 aromatic heterocycles. The molecule has 0 aliphatic heterocycles. The van der Waals surface area contributed by atoms with Crippen LogP contribution in [0.4, 0.5) is 0 Å². The summed E-state index contributed by atoms with van der Waals surface area (Å²) < 4.78 is 0. The molecule has 1 amide bonds. The number of pyridine rings is 1. The molecule has 6 nitrogen and oxygen atoms in total. The van der Waals surface area contributed by atoms with Gasteiger partial charge in [-0.1, -0.05) is 18.1 Å². The van der Waals surface area contributed by atoms with Crippen LogP contribution in [0.2, 0.25) is 0 Å². The molecule has 1 atom stereocenters. The van der Waals surface area contributed by atoms with Gasteiger partial charge in [0.05, 0.1) is 18.2 Å². The summed E-state index contributed by atoms with van der Waals surface area (Å²) in [6, 6.07) is 5.45. The Hall–Kier alpha value is -2.11. The Morgan fingerprint density at radius 3 is 2.94 bits per heavy atom. The molecule has 0 aliphatic carbocycles. The van der Waals surface area contributed by atoms with E-state index in [1.54, 1.807) is 19.2 Å². The van der Waals surface area contributed by atoms with E-state index in [9.17, 15) is 4.79 Å². The van der Waals surface area contributed by atoms with Crippen LogP contribution in [0.5, 0.6) is 0 Å². The summed E-state index contributed by atoms with van der Waals surface area (Å²) in [7, 11) is 0. The summed E-state index contributed by atoms with van der Waals surface area (Å²) in [4.78, 5) is 15.8. The van der Waals surface area contributed by atoms with Crippen LogP contribution < -0.4 is 11.1 Å². The molecule has 0 fully saturated rings. The molecule has 0 radical (unpaired) electrons. The van der Waals surface area contributed by atoms with Gasteiger partial charge in [0.15, 0.2) is 5.84 Å². The first-order chi connectivity index (χ1) is 8.19. The molecule has 0 aromatic carbocycles. The van der Waals surface area contributed by atoms with Crippen molar-refractivity contribution in [3.8, 4) is 0 Å². The third-order valence-corrected chi connectivity index (χ3v) is 2.37. The summed E-state index contributed by atoms with van der Waals surface area (Å²) in [5.41, 5.74) is 6.18. The van der Waals surface area contributed by atoms with Gasteiger partial charge in [0, 0.05) is 6.20 Å². The average molecular weight is 236 g/mol. The molecule has 92 valence electrons. The van der Waals surface area contributed by atoms with E-state index in [1.165, 1.54) is 0 Å². The lowest BCUT2D eigenvalue weighted by molar-refractivity contribution is -0.123. The Kier molecular flexibility index (Phi) is 4.93. The van der Waals surface area contributed by atoms with Crippen LogP contribution in [0.25, 0.3) is 0 Å². The SMILES string of the molecule is CCC(C(=O)NCc1ccccn1)C(N)=NO. The number of nitrogens with two attached hydrogens (primary N) is 1. The Bertz CT molecular complexity index is 392. The molecule has 0 spiro atoms. The molecule has 1 heterocycles. The molecule has 6 heteroatoms. The highest BCUT2D eigenvalue weighted by atomic mass is 16.4. The van der Waals surface area contributed by atoms with Gasteiger partial charge in [0.1, 0.15) is 0 Å². The maximum atomic E-state index is 11.7. The normalized spacial score (nSPS) is 13.1. The van der Waals surface area contributed by atoms with E-state index in [-0.39, 0.29) is 11.7 Å². The number of nitrogens with one attached hydrogen (secondary N) is 1. The van der Waals surface area contributed by atoms with Gasteiger partial charge in [-0.3, -0.25) is 9.78 Å². The van der Waals surface area contributed by atoms with Gasteiger partial charge in [0.25, 0.3) is 0 Å². The van der Waals surface area contributed by atoms with Crippen molar-refractivity contribution in [1.29, 1.82) is 0 Å². The predicted octanol–water partition coefficient (Wildman–Crippen LogP) is 0.470. The highest BCUT2D eigenvalue weighted by Gasteiger charge is 2.20. The third-order valence-electron chi connectivity index (χ3n) is 2.37. The summed E-state index contributed by atoms with van der Waals surface area (Å²) in [6.45, 7) is 2.12. The molecule has 1 unspecified atom stereocenters. The molecule has 1 rings (SSSR count). The van der Waals surface area contributed by atoms with Crippen molar-refractivity contribution in [2.45, 2.75) is 19.9 Å². The minimum absolute atomic E-state index is 0.0778. The topological polar surface area (TPSA) is 101 Å². The fraction of sp³-hybridized carbons (Fsp3) is 0.364. The van der Waals surface area contributed by atoms with Crippen molar-refractivity contribution >= 4 is 11.7 Å². The molecule has 0 saturated heterocycles. The number of rotatable bonds is 5. The average Bonchev–Trinajstić information content (AvgIpc) is 2.38. The zero-order valence-corrected chi connectivity index (χ0v) is 9.63. The number of oxime groups is 1. The van der Waals surface area contributed by atoms with Gasteiger partial charge in [-0.25, -0.2) is 0 Å². The van der Waals surface area contributed by atoms with Gasteiger partial charge < -0.3 is 16.3 Å². The lowest BCUT2D eigenvalue weighted by atomic mass is 10.0. The summed E-state index contributed by atoms with van der Waals surface area (Å²) >= 11 is 0. The molecule has 0 saturated carbocycles. The first-order valence-electron chi connectivity index (χ1n) is 5.34. The maximum absolute atomic E-state index is 11.7. The summed E-state index contributed by atoms with van der Waals surface area (Å²) in [5.74, 6) is -0.955. The minimum Gasteiger partial charge on any atom is -0.409 e. The second-order valence-corrected chi connectivity index (χ2v) is 3.52. The number of nitrogens with zero attached hydrogens (tertiary/aromatic N) is 2. The first kappa shape index (κ1) is 13.0. The Balaban J connectivity index is 2.54. The quantitative estimate of drug-likeness (QED) is 0.299. The number of amides is 1. The largest absolute Gasteiger partial charge is 0.409 e. The predicted molar refractivity (Wildman–Crippen MR) is 63.3 cm³/mol. The standard InChI is InChI=1S/C11H16N4O2/c1-2-9(10(12)15-17)11(16)14-7-8-5-3-4-6-13-8/h3-6,9,17H,2,7H2,1H3,(H2,12,15)(H,14,16). The van der Waals surface area contributed by atoms with E-state index in [4.69, 9.17) is 10.9 Å². The van der Waals surface area contributed by atoms with Crippen molar-refractivity contribution in [2.24, 2.45) is 16.8 Å². The van der Waals surface area contributed by atoms with Crippen LogP contribution in [-0.2, 0) is 11.3 Å². The molecular formula is C11H16N4O2. The van der Waals surface area contributed by atoms with Gasteiger partial charge in [-0.05, 0) is 18.6 Å². The van der Waals surface area contributed by atoms with Gasteiger partial charge in [-0.2, -0.15) is 0 Å². The van der Waals surface area contributed by atoms with Crippen molar-refractivity contribution < 1.29 is 10.0 Å². The van der Waals surface area contributed by atoms with Gasteiger partial charge in [-0.15, -0.1) is 0 Å². The van der Waals surface area contributed by atoms with E-state index in [2.05, 4.69) is 15.5 Å². The van der Waals surface area contributed by atoms with E-state index in [1.807, 2.05) is 12.1 Å². The smallest absolute Gasteiger partial charge is 0.231 e. The third kappa shape index (κ3) is 3.75. The van der Waals surface area contributed by atoms with Crippen LogP contribution in [-0.4, -0.2) is 21.9 Å². The van der Waals surface area contributed by atoms with Gasteiger partial charge in [0.2, 0.25) is 5.91 Å². The van der Waals surface area contributed by atoms with Gasteiger partial charge >= 0.3 is 0 Å². The monoisotopic (exact) mass is 236 g/mol. The molecular weight excluding hydrogens is 220 g/mol. The highest BCUT2D eigenvalue weighted by molar-refractivity contribution is 6.01. The van der Waals surface area contributed by atoms with Crippen molar-refractivity contribution in [2.75, 3.05) is 0 Å². The maximum Gasteiger partial charge on any atom is 0.231 e. The Morgan fingerprint density at radius 1 is 1.65 bits per heavy atom. The zero-order chi connectivity index (χ0) is 12.7. The van der Waals surface area contributed by atoms with Crippen molar-refractivity contribution in [3.05, 3.63) is 30.1 Å².